The third-order valence-corrected chi connectivity index (χ3v) is 6.26. The van der Waals surface area contributed by atoms with Crippen LogP contribution in [0.1, 0.15) is 12.5 Å². The largest absolute Gasteiger partial charge is 0.497 e. The Bertz CT molecular complexity index is 993. The molecule has 1 saturated heterocycles. The number of hydrogen-bond donors (Lipinski definition) is 1. The molecular weight excluding hydrogens is 340 g/mol. The number of H-pyrrole nitrogens is 1. The topological polar surface area (TPSA) is 89.9 Å². The monoisotopic (exact) mass is 358 g/mol. The van der Waals surface area contributed by atoms with Crippen molar-refractivity contribution < 1.29 is 13.2 Å². The lowest BCUT2D eigenvalue weighted by molar-refractivity contribution is 0.415. The van der Waals surface area contributed by atoms with Crippen molar-refractivity contribution in [2.75, 3.05) is 18.6 Å². The second-order valence-corrected chi connectivity index (χ2v) is 8.35. The zero-order valence-corrected chi connectivity index (χ0v) is 14.5. The molecule has 1 N–H and O–H groups in total. The molecule has 2 aromatic heterocycles. The van der Waals surface area contributed by atoms with Gasteiger partial charge in [0.15, 0.2) is 9.84 Å². The van der Waals surface area contributed by atoms with Crippen LogP contribution in [-0.2, 0) is 9.84 Å². The second-order valence-electron chi connectivity index (χ2n) is 6.12. The lowest BCUT2D eigenvalue weighted by Gasteiger charge is -2.14. The van der Waals surface area contributed by atoms with Crippen molar-refractivity contribution >= 4 is 9.84 Å². The van der Waals surface area contributed by atoms with Gasteiger partial charge >= 0.3 is 0 Å². The van der Waals surface area contributed by atoms with Gasteiger partial charge in [0.25, 0.3) is 0 Å². The van der Waals surface area contributed by atoms with Gasteiger partial charge in [-0.2, -0.15) is 5.10 Å². The first kappa shape index (κ1) is 15.9. The van der Waals surface area contributed by atoms with E-state index in [-0.39, 0.29) is 17.5 Å². The van der Waals surface area contributed by atoms with E-state index < -0.39 is 9.84 Å². The zero-order valence-electron chi connectivity index (χ0n) is 13.7. The van der Waals surface area contributed by atoms with Crippen molar-refractivity contribution in [1.29, 1.82) is 0 Å². The highest BCUT2D eigenvalue weighted by atomic mass is 32.2. The molecule has 4 rings (SSSR count). The molecular formula is C17H18N4O3S. The highest BCUT2D eigenvalue weighted by Crippen LogP contribution is 2.36. The van der Waals surface area contributed by atoms with E-state index in [1.54, 1.807) is 25.8 Å². The van der Waals surface area contributed by atoms with Gasteiger partial charge in [0.05, 0.1) is 48.6 Å². The van der Waals surface area contributed by atoms with E-state index in [9.17, 15) is 8.42 Å². The summed E-state index contributed by atoms with van der Waals surface area (Å²) in [6.07, 6.45) is 5.84. The van der Waals surface area contributed by atoms with Crippen molar-refractivity contribution in [1.82, 2.24) is 19.7 Å². The Morgan fingerprint density at radius 2 is 2.20 bits per heavy atom. The fraction of sp³-hybridized carbons (Fsp3) is 0.294. The van der Waals surface area contributed by atoms with Gasteiger partial charge in [-0.05, 0) is 18.6 Å². The first-order chi connectivity index (χ1) is 12.1. The summed E-state index contributed by atoms with van der Waals surface area (Å²) >= 11 is 0. The smallest absolute Gasteiger partial charge is 0.152 e. The summed E-state index contributed by atoms with van der Waals surface area (Å²) in [4.78, 5) is 4.58. The maximum atomic E-state index is 11.9. The molecule has 25 heavy (non-hydrogen) atoms. The minimum Gasteiger partial charge on any atom is -0.497 e. The van der Waals surface area contributed by atoms with Gasteiger partial charge in [0.1, 0.15) is 5.75 Å². The summed E-state index contributed by atoms with van der Waals surface area (Å²) in [7, 11) is -1.36. The molecule has 1 unspecified atom stereocenters. The molecule has 0 spiro atoms. The Morgan fingerprint density at radius 3 is 2.88 bits per heavy atom. The summed E-state index contributed by atoms with van der Waals surface area (Å²) in [6, 6.07) is 7.56. The normalized spacial score (nSPS) is 19.2. The van der Waals surface area contributed by atoms with Crippen molar-refractivity contribution in [2.24, 2.45) is 0 Å². The Hall–Kier alpha value is -2.61. The average Bonchev–Trinajstić information content (AvgIpc) is 3.32. The molecule has 0 aliphatic carbocycles. The molecule has 0 bridgehead atoms. The fourth-order valence-electron chi connectivity index (χ4n) is 3.28. The Morgan fingerprint density at radius 1 is 1.32 bits per heavy atom. The minimum absolute atomic E-state index is 0.109. The van der Waals surface area contributed by atoms with Gasteiger partial charge in [-0.15, -0.1) is 0 Å². The van der Waals surface area contributed by atoms with E-state index in [0.29, 0.717) is 6.42 Å². The van der Waals surface area contributed by atoms with Crippen LogP contribution in [0.25, 0.3) is 22.5 Å². The van der Waals surface area contributed by atoms with Gasteiger partial charge in [-0.1, -0.05) is 12.1 Å². The van der Waals surface area contributed by atoms with Crippen LogP contribution in [0.4, 0.5) is 0 Å². The summed E-state index contributed by atoms with van der Waals surface area (Å²) in [5.41, 5.74) is 3.43. The van der Waals surface area contributed by atoms with E-state index >= 15 is 0 Å². The first-order valence-corrected chi connectivity index (χ1v) is 9.80. The van der Waals surface area contributed by atoms with Crippen LogP contribution in [0.3, 0.4) is 0 Å². The summed E-state index contributed by atoms with van der Waals surface area (Å²) in [6.45, 7) is 0. The van der Waals surface area contributed by atoms with E-state index in [1.807, 2.05) is 28.8 Å². The van der Waals surface area contributed by atoms with Gasteiger partial charge in [0.2, 0.25) is 0 Å². The van der Waals surface area contributed by atoms with E-state index in [4.69, 9.17) is 4.74 Å². The lowest BCUT2D eigenvalue weighted by atomic mass is 10.1. The molecule has 1 aromatic carbocycles. The van der Waals surface area contributed by atoms with Gasteiger partial charge in [-0.25, -0.2) is 13.4 Å². The Balaban J connectivity index is 1.85. The summed E-state index contributed by atoms with van der Waals surface area (Å²) < 4.78 is 31.1. The first-order valence-electron chi connectivity index (χ1n) is 7.98. The molecule has 0 radical (unpaired) electrons. The molecule has 1 fully saturated rings. The molecule has 0 saturated carbocycles. The zero-order chi connectivity index (χ0) is 17.4. The fourth-order valence-corrected chi connectivity index (χ4v) is 4.99. The SMILES string of the molecule is COc1cccc(-c2ncn(C3CCS(=O)(=O)C3)c2-c2cn[nH]c2)c1. The molecule has 3 heterocycles. The number of ether oxygens (including phenoxy) is 1. The van der Waals surface area contributed by atoms with Gasteiger partial charge in [0, 0.05) is 17.3 Å². The van der Waals surface area contributed by atoms with Crippen LogP contribution in [0.5, 0.6) is 5.75 Å². The highest BCUT2D eigenvalue weighted by molar-refractivity contribution is 7.91. The molecule has 1 aliphatic rings. The third kappa shape index (κ3) is 2.93. The van der Waals surface area contributed by atoms with Crippen LogP contribution < -0.4 is 4.74 Å². The number of imidazole rings is 1. The van der Waals surface area contributed by atoms with E-state index in [1.165, 1.54) is 0 Å². The number of benzene rings is 1. The number of nitrogens with one attached hydrogen (secondary N) is 1. The molecule has 0 amide bonds. The average molecular weight is 358 g/mol. The number of hydrogen-bond acceptors (Lipinski definition) is 5. The number of aromatic nitrogens is 4. The van der Waals surface area contributed by atoms with Crippen molar-refractivity contribution in [3.63, 3.8) is 0 Å². The van der Waals surface area contributed by atoms with Crippen LogP contribution in [0.2, 0.25) is 0 Å². The van der Waals surface area contributed by atoms with Crippen LogP contribution >= 0.6 is 0 Å². The number of nitrogens with zero attached hydrogens (tertiary/aromatic N) is 3. The quantitative estimate of drug-likeness (QED) is 0.773. The van der Waals surface area contributed by atoms with Crippen molar-refractivity contribution in [3.05, 3.63) is 43.0 Å². The number of aromatic amines is 1. The predicted octanol–water partition coefficient (Wildman–Crippen LogP) is 2.31. The molecule has 1 aliphatic heterocycles. The second kappa shape index (κ2) is 6.03. The maximum Gasteiger partial charge on any atom is 0.152 e. The van der Waals surface area contributed by atoms with Crippen molar-refractivity contribution in [2.45, 2.75) is 12.5 Å². The molecule has 7 nitrogen and oxygen atoms in total. The van der Waals surface area contributed by atoms with Crippen LogP contribution in [0.15, 0.2) is 43.0 Å². The molecule has 3 aromatic rings. The highest BCUT2D eigenvalue weighted by Gasteiger charge is 2.31. The predicted molar refractivity (Wildman–Crippen MR) is 94.1 cm³/mol. The number of methoxy groups -OCH3 is 1. The lowest BCUT2D eigenvalue weighted by Crippen LogP contribution is -2.11. The Kier molecular flexibility index (Phi) is 3.84. The molecule has 1 atom stereocenters. The van der Waals surface area contributed by atoms with Gasteiger partial charge < -0.3 is 9.30 Å². The molecule has 130 valence electrons. The van der Waals surface area contributed by atoms with Crippen LogP contribution in [0, 0.1) is 0 Å². The van der Waals surface area contributed by atoms with Crippen LogP contribution in [-0.4, -0.2) is 46.8 Å². The van der Waals surface area contributed by atoms with E-state index in [2.05, 4.69) is 15.2 Å². The minimum atomic E-state index is -2.99. The summed E-state index contributed by atoms with van der Waals surface area (Å²) in [5, 5.41) is 6.85. The standard InChI is InChI=1S/C17H18N4O3S/c1-24-15-4-2-3-12(7-15)16-17(13-8-19-20-9-13)21(11-18-16)14-5-6-25(22,23)10-14/h2-4,7-9,11,14H,5-6,10H2,1H3,(H,19,20). The number of rotatable bonds is 4. The van der Waals surface area contributed by atoms with E-state index in [0.717, 1.165) is 28.3 Å². The number of sulfone groups is 1. The maximum absolute atomic E-state index is 11.9. The van der Waals surface area contributed by atoms with Crippen molar-refractivity contribution in [3.8, 4) is 28.3 Å². The summed E-state index contributed by atoms with van der Waals surface area (Å²) in [5.74, 6) is 1.11. The van der Waals surface area contributed by atoms with Gasteiger partial charge in [-0.3, -0.25) is 5.10 Å². The third-order valence-electron chi connectivity index (χ3n) is 4.51. The molecule has 8 heteroatoms. The Labute approximate surface area is 145 Å².